The van der Waals surface area contributed by atoms with Crippen LogP contribution in [0, 0.1) is 5.92 Å². The fourth-order valence-electron chi connectivity index (χ4n) is 1.57. The molecule has 2 rings (SSSR count). The highest BCUT2D eigenvalue weighted by molar-refractivity contribution is 9.10. The number of hydrogen-bond donors (Lipinski definition) is 1. The van der Waals surface area contributed by atoms with Crippen molar-refractivity contribution in [2.75, 3.05) is 0 Å². The van der Waals surface area contributed by atoms with Crippen LogP contribution in [0.5, 0.6) is 0 Å². The molecule has 0 spiro atoms. The van der Waals surface area contributed by atoms with E-state index in [4.69, 9.17) is 5.11 Å². The molecule has 0 bridgehead atoms. The van der Waals surface area contributed by atoms with Crippen LogP contribution in [0.3, 0.4) is 0 Å². The Morgan fingerprint density at radius 2 is 2.31 bits per heavy atom. The fraction of sp³-hybridized carbons (Fsp3) is 0.300. The van der Waals surface area contributed by atoms with E-state index in [2.05, 4.69) is 15.9 Å². The van der Waals surface area contributed by atoms with E-state index in [1.54, 1.807) is 0 Å². The van der Waals surface area contributed by atoms with Gasteiger partial charge in [-0.2, -0.15) is 0 Å². The Morgan fingerprint density at radius 3 is 2.85 bits per heavy atom. The Kier molecular flexibility index (Phi) is 2.12. The van der Waals surface area contributed by atoms with Crippen LogP contribution in [0.25, 0.3) is 0 Å². The SMILES string of the molecule is O=C(O)[C@H]1C[C@H]1c1cccc(Br)c1. The van der Waals surface area contributed by atoms with E-state index in [1.807, 2.05) is 24.3 Å². The van der Waals surface area contributed by atoms with Gasteiger partial charge in [-0.1, -0.05) is 28.1 Å². The molecule has 0 saturated heterocycles. The van der Waals surface area contributed by atoms with Gasteiger partial charge in [-0.25, -0.2) is 0 Å². The molecule has 0 amide bonds. The molecule has 3 heteroatoms. The van der Waals surface area contributed by atoms with Crippen molar-refractivity contribution in [1.82, 2.24) is 0 Å². The van der Waals surface area contributed by atoms with Gasteiger partial charge in [0.25, 0.3) is 0 Å². The Bertz CT molecular complexity index is 349. The molecule has 0 unspecified atom stereocenters. The monoisotopic (exact) mass is 240 g/mol. The molecule has 1 aromatic rings. The molecule has 0 radical (unpaired) electrons. The first kappa shape index (κ1) is 8.75. The standard InChI is InChI=1S/C10H9BrO2/c11-7-3-1-2-6(4-7)8-5-9(8)10(12)13/h1-4,8-9H,5H2,(H,12,13)/t8-,9-/m0/s1. The van der Waals surface area contributed by atoms with E-state index >= 15 is 0 Å². The molecule has 2 nitrogen and oxygen atoms in total. The predicted molar refractivity (Wildman–Crippen MR) is 52.6 cm³/mol. The Hall–Kier alpha value is -0.830. The third-order valence-corrected chi connectivity index (χ3v) is 2.88. The van der Waals surface area contributed by atoms with Gasteiger partial charge in [0, 0.05) is 4.47 Å². The molecular formula is C10H9BrO2. The average Bonchev–Trinajstić information content (AvgIpc) is 2.82. The second-order valence-electron chi connectivity index (χ2n) is 3.34. The highest BCUT2D eigenvalue weighted by Crippen LogP contribution is 2.47. The molecule has 68 valence electrons. The summed E-state index contributed by atoms with van der Waals surface area (Å²) < 4.78 is 1.01. The lowest BCUT2D eigenvalue weighted by atomic mass is 10.1. The van der Waals surface area contributed by atoms with Crippen molar-refractivity contribution in [2.24, 2.45) is 5.92 Å². The molecule has 13 heavy (non-hydrogen) atoms. The molecule has 2 atom stereocenters. The minimum Gasteiger partial charge on any atom is -0.481 e. The third kappa shape index (κ3) is 1.75. The van der Waals surface area contributed by atoms with Crippen LogP contribution in [-0.2, 0) is 4.79 Å². The first-order chi connectivity index (χ1) is 6.18. The maximum atomic E-state index is 10.6. The first-order valence-corrected chi connectivity index (χ1v) is 4.96. The maximum absolute atomic E-state index is 10.6. The van der Waals surface area contributed by atoms with Crippen molar-refractivity contribution in [1.29, 1.82) is 0 Å². The van der Waals surface area contributed by atoms with Crippen LogP contribution in [0.15, 0.2) is 28.7 Å². The Morgan fingerprint density at radius 1 is 1.54 bits per heavy atom. The Labute approximate surface area is 84.7 Å². The zero-order chi connectivity index (χ0) is 9.42. The fourth-order valence-corrected chi connectivity index (χ4v) is 1.99. The summed E-state index contributed by atoms with van der Waals surface area (Å²) in [7, 11) is 0. The van der Waals surface area contributed by atoms with Gasteiger partial charge in [0.15, 0.2) is 0 Å². The van der Waals surface area contributed by atoms with Crippen molar-refractivity contribution in [3.8, 4) is 0 Å². The zero-order valence-corrected chi connectivity index (χ0v) is 8.49. The van der Waals surface area contributed by atoms with Crippen LogP contribution in [0.4, 0.5) is 0 Å². The van der Waals surface area contributed by atoms with Crippen molar-refractivity contribution >= 4 is 21.9 Å². The summed E-state index contributed by atoms with van der Waals surface area (Å²) in [6.45, 7) is 0. The quantitative estimate of drug-likeness (QED) is 0.864. The maximum Gasteiger partial charge on any atom is 0.307 e. The van der Waals surface area contributed by atoms with Gasteiger partial charge >= 0.3 is 5.97 Å². The highest BCUT2D eigenvalue weighted by Gasteiger charge is 2.44. The van der Waals surface area contributed by atoms with E-state index in [-0.39, 0.29) is 11.8 Å². The number of rotatable bonds is 2. The number of benzene rings is 1. The molecule has 0 aliphatic heterocycles. The lowest BCUT2D eigenvalue weighted by Gasteiger charge is -1.98. The normalized spacial score (nSPS) is 25.6. The number of hydrogen-bond acceptors (Lipinski definition) is 1. The summed E-state index contributed by atoms with van der Waals surface area (Å²) in [4.78, 5) is 10.6. The topological polar surface area (TPSA) is 37.3 Å². The molecule has 0 aromatic heterocycles. The van der Waals surface area contributed by atoms with E-state index < -0.39 is 5.97 Å². The number of halogens is 1. The lowest BCUT2D eigenvalue weighted by molar-refractivity contribution is -0.138. The van der Waals surface area contributed by atoms with Crippen LogP contribution in [-0.4, -0.2) is 11.1 Å². The van der Waals surface area contributed by atoms with E-state index in [9.17, 15) is 4.79 Å². The van der Waals surface area contributed by atoms with Crippen LogP contribution < -0.4 is 0 Å². The molecule has 1 aromatic carbocycles. The number of aliphatic carboxylic acids is 1. The molecule has 1 saturated carbocycles. The molecule has 0 heterocycles. The van der Waals surface area contributed by atoms with Gasteiger partial charge in [-0.05, 0) is 30.0 Å². The largest absolute Gasteiger partial charge is 0.481 e. The minimum absolute atomic E-state index is 0.158. The lowest BCUT2D eigenvalue weighted by Crippen LogP contribution is -1.98. The third-order valence-electron chi connectivity index (χ3n) is 2.38. The van der Waals surface area contributed by atoms with Crippen molar-refractivity contribution in [2.45, 2.75) is 12.3 Å². The number of carboxylic acid groups (broad SMARTS) is 1. The van der Waals surface area contributed by atoms with Crippen molar-refractivity contribution < 1.29 is 9.90 Å². The second kappa shape index (κ2) is 3.14. The van der Waals surface area contributed by atoms with Gasteiger partial charge in [0.05, 0.1) is 5.92 Å². The van der Waals surface area contributed by atoms with Crippen LogP contribution in [0.2, 0.25) is 0 Å². The number of carboxylic acids is 1. The predicted octanol–water partition coefficient (Wildman–Crippen LogP) is 2.64. The van der Waals surface area contributed by atoms with E-state index in [0.29, 0.717) is 0 Å². The first-order valence-electron chi connectivity index (χ1n) is 4.17. The second-order valence-corrected chi connectivity index (χ2v) is 4.26. The molecule has 1 aliphatic carbocycles. The molecule has 1 N–H and O–H groups in total. The highest BCUT2D eigenvalue weighted by atomic mass is 79.9. The molecule has 1 fully saturated rings. The van der Waals surface area contributed by atoms with Crippen LogP contribution in [0.1, 0.15) is 17.9 Å². The van der Waals surface area contributed by atoms with Gasteiger partial charge in [0.1, 0.15) is 0 Å². The van der Waals surface area contributed by atoms with Gasteiger partial charge in [-0.15, -0.1) is 0 Å². The van der Waals surface area contributed by atoms with Gasteiger partial charge < -0.3 is 5.11 Å². The minimum atomic E-state index is -0.676. The summed E-state index contributed by atoms with van der Waals surface area (Å²) in [6, 6.07) is 7.87. The molecule has 1 aliphatic rings. The van der Waals surface area contributed by atoms with E-state index in [0.717, 1.165) is 16.5 Å². The summed E-state index contributed by atoms with van der Waals surface area (Å²) in [6.07, 6.45) is 0.784. The summed E-state index contributed by atoms with van der Waals surface area (Å²) in [5.74, 6) is -0.603. The van der Waals surface area contributed by atoms with Gasteiger partial charge in [0.2, 0.25) is 0 Å². The van der Waals surface area contributed by atoms with Crippen molar-refractivity contribution in [3.63, 3.8) is 0 Å². The zero-order valence-electron chi connectivity index (χ0n) is 6.90. The smallest absolute Gasteiger partial charge is 0.307 e. The molecular weight excluding hydrogens is 232 g/mol. The van der Waals surface area contributed by atoms with Crippen LogP contribution >= 0.6 is 15.9 Å². The van der Waals surface area contributed by atoms with E-state index in [1.165, 1.54) is 0 Å². The summed E-state index contributed by atoms with van der Waals surface area (Å²) in [5, 5.41) is 8.74. The Balaban J connectivity index is 2.16. The summed E-state index contributed by atoms with van der Waals surface area (Å²) >= 11 is 3.37. The average molecular weight is 241 g/mol. The van der Waals surface area contributed by atoms with Crippen molar-refractivity contribution in [3.05, 3.63) is 34.3 Å². The number of carbonyl (C=O) groups is 1. The summed E-state index contributed by atoms with van der Waals surface area (Å²) in [5.41, 5.74) is 1.13. The van der Waals surface area contributed by atoms with Gasteiger partial charge in [-0.3, -0.25) is 4.79 Å².